The van der Waals surface area contributed by atoms with Crippen molar-refractivity contribution in [1.29, 1.82) is 0 Å². The summed E-state index contributed by atoms with van der Waals surface area (Å²) < 4.78 is 27.7. The molecule has 0 radical (unpaired) electrons. The van der Waals surface area contributed by atoms with Gasteiger partial charge in [0.25, 0.3) is 10.0 Å². The first-order valence-corrected chi connectivity index (χ1v) is 8.33. The molecule has 0 bridgehead atoms. The fourth-order valence-corrected chi connectivity index (χ4v) is 3.97. The van der Waals surface area contributed by atoms with E-state index in [-0.39, 0.29) is 0 Å². The lowest BCUT2D eigenvalue weighted by Crippen LogP contribution is -2.12. The van der Waals surface area contributed by atoms with E-state index in [1.165, 1.54) is 17.5 Å². The molecule has 4 nitrogen and oxygen atoms in total. The summed E-state index contributed by atoms with van der Waals surface area (Å²) >= 11 is 4.54. The average Bonchev–Trinajstić information content (AvgIpc) is 2.77. The first kappa shape index (κ1) is 13.5. The number of aromatic nitrogens is 1. The largest absolute Gasteiger partial charge is 0.272 e. The second-order valence-electron chi connectivity index (χ2n) is 3.54. The summed E-state index contributed by atoms with van der Waals surface area (Å²) in [6, 6.07) is 6.79. The van der Waals surface area contributed by atoms with Gasteiger partial charge < -0.3 is 0 Å². The summed E-state index contributed by atoms with van der Waals surface area (Å²) in [7, 11) is -3.53. The molecule has 2 aromatic heterocycles. The Labute approximate surface area is 118 Å². The Hall–Kier alpha value is -0.920. The van der Waals surface area contributed by atoms with E-state index in [9.17, 15) is 8.42 Å². The van der Waals surface area contributed by atoms with Crippen molar-refractivity contribution in [2.75, 3.05) is 4.72 Å². The Balaban J connectivity index is 2.27. The van der Waals surface area contributed by atoms with E-state index in [2.05, 4.69) is 25.6 Å². The van der Waals surface area contributed by atoms with Crippen LogP contribution in [0.3, 0.4) is 0 Å². The van der Waals surface area contributed by atoms with Gasteiger partial charge in [0, 0.05) is 15.5 Å². The summed E-state index contributed by atoms with van der Waals surface area (Å²) in [5.74, 6) is 0.302. The predicted molar refractivity (Wildman–Crippen MR) is 76.4 cm³/mol. The lowest BCUT2D eigenvalue weighted by Gasteiger charge is -2.05. The number of rotatable bonds is 4. The van der Waals surface area contributed by atoms with Crippen LogP contribution in [0.1, 0.15) is 11.8 Å². The Kier molecular flexibility index (Phi) is 4.04. The highest BCUT2D eigenvalue weighted by Gasteiger charge is 2.17. The number of hydrogen-bond acceptors (Lipinski definition) is 4. The third kappa shape index (κ3) is 3.09. The summed E-state index contributed by atoms with van der Waals surface area (Å²) in [6.45, 7) is 1.99. The average molecular weight is 347 g/mol. The number of halogens is 1. The van der Waals surface area contributed by atoms with E-state index < -0.39 is 10.0 Å². The van der Waals surface area contributed by atoms with Crippen LogP contribution in [0.15, 0.2) is 39.1 Å². The Morgan fingerprint density at radius 1 is 1.39 bits per heavy atom. The van der Waals surface area contributed by atoms with Gasteiger partial charge in [0.05, 0.1) is 0 Å². The monoisotopic (exact) mass is 346 g/mol. The highest BCUT2D eigenvalue weighted by atomic mass is 79.9. The molecule has 7 heteroatoms. The van der Waals surface area contributed by atoms with Gasteiger partial charge in [-0.1, -0.05) is 22.9 Å². The minimum atomic E-state index is -3.53. The van der Waals surface area contributed by atoms with Gasteiger partial charge in [-0.05, 0) is 30.7 Å². The van der Waals surface area contributed by atoms with E-state index in [4.69, 9.17) is 0 Å². The fraction of sp³-hybridized carbons (Fsp3) is 0.182. The van der Waals surface area contributed by atoms with Crippen LogP contribution in [-0.2, 0) is 16.4 Å². The van der Waals surface area contributed by atoms with Gasteiger partial charge in [-0.25, -0.2) is 13.4 Å². The molecule has 0 aliphatic heterocycles. The molecule has 18 heavy (non-hydrogen) atoms. The van der Waals surface area contributed by atoms with Gasteiger partial charge in [0.2, 0.25) is 0 Å². The Morgan fingerprint density at radius 2 is 2.17 bits per heavy atom. The molecule has 2 rings (SSSR count). The van der Waals surface area contributed by atoms with E-state index in [0.29, 0.717) is 10.0 Å². The van der Waals surface area contributed by atoms with E-state index >= 15 is 0 Å². The van der Waals surface area contributed by atoms with Crippen molar-refractivity contribution >= 4 is 43.1 Å². The molecule has 0 aliphatic carbocycles. The van der Waals surface area contributed by atoms with Crippen LogP contribution >= 0.6 is 27.3 Å². The third-order valence-corrected chi connectivity index (χ3v) is 5.78. The molecule has 2 aromatic rings. The first-order chi connectivity index (χ1) is 8.51. The maximum atomic E-state index is 12.1. The summed E-state index contributed by atoms with van der Waals surface area (Å²) in [6.07, 6.45) is 2.36. The van der Waals surface area contributed by atoms with Crippen LogP contribution < -0.4 is 4.72 Å². The molecule has 0 aromatic carbocycles. The SMILES string of the molecule is CCc1ccc(S(=O)(=O)Nc2cc(Br)ccn2)s1. The lowest BCUT2D eigenvalue weighted by molar-refractivity contribution is 0.603. The Morgan fingerprint density at radius 3 is 2.78 bits per heavy atom. The second kappa shape index (κ2) is 5.38. The molecule has 0 saturated carbocycles. The zero-order valence-electron chi connectivity index (χ0n) is 9.55. The van der Waals surface area contributed by atoms with E-state index in [1.54, 1.807) is 18.2 Å². The topological polar surface area (TPSA) is 59.1 Å². The summed E-state index contributed by atoms with van der Waals surface area (Å²) in [5, 5.41) is 0. The highest BCUT2D eigenvalue weighted by molar-refractivity contribution is 9.10. The van der Waals surface area contributed by atoms with Crippen molar-refractivity contribution < 1.29 is 8.42 Å². The van der Waals surface area contributed by atoms with Crippen molar-refractivity contribution in [2.24, 2.45) is 0 Å². The molecule has 0 atom stereocenters. The van der Waals surface area contributed by atoms with Crippen molar-refractivity contribution in [3.05, 3.63) is 39.8 Å². The number of anilines is 1. The number of sulfonamides is 1. The van der Waals surface area contributed by atoms with Crippen molar-refractivity contribution in [1.82, 2.24) is 4.98 Å². The normalized spacial score (nSPS) is 11.4. The first-order valence-electron chi connectivity index (χ1n) is 5.24. The van der Waals surface area contributed by atoms with Gasteiger partial charge in [0.15, 0.2) is 0 Å². The van der Waals surface area contributed by atoms with Gasteiger partial charge in [-0.15, -0.1) is 11.3 Å². The number of nitrogens with one attached hydrogen (secondary N) is 1. The smallest absolute Gasteiger partial charge is 0.263 e. The minimum Gasteiger partial charge on any atom is -0.263 e. The number of thiophene rings is 1. The molecule has 0 saturated heterocycles. The highest BCUT2D eigenvalue weighted by Crippen LogP contribution is 2.24. The molecule has 0 spiro atoms. The van der Waals surface area contributed by atoms with Crippen LogP contribution in [0.5, 0.6) is 0 Å². The number of nitrogens with zero attached hydrogens (tertiary/aromatic N) is 1. The number of pyridine rings is 1. The van der Waals surface area contributed by atoms with Crippen molar-refractivity contribution in [3.63, 3.8) is 0 Å². The van der Waals surface area contributed by atoms with Gasteiger partial charge in [-0.2, -0.15) is 0 Å². The van der Waals surface area contributed by atoms with E-state index in [1.807, 2.05) is 13.0 Å². The Bertz CT molecular complexity index is 653. The van der Waals surface area contributed by atoms with Crippen LogP contribution in [0.25, 0.3) is 0 Å². The third-order valence-electron chi connectivity index (χ3n) is 2.21. The fourth-order valence-electron chi connectivity index (χ4n) is 1.34. The zero-order valence-corrected chi connectivity index (χ0v) is 12.8. The molecule has 0 fully saturated rings. The van der Waals surface area contributed by atoms with Crippen LogP contribution in [0.2, 0.25) is 0 Å². The molecular weight excluding hydrogens is 336 g/mol. The lowest BCUT2D eigenvalue weighted by atomic mass is 10.4. The number of aryl methyl sites for hydroxylation is 1. The summed E-state index contributed by atoms with van der Waals surface area (Å²) in [5.41, 5.74) is 0. The zero-order chi connectivity index (χ0) is 13.2. The van der Waals surface area contributed by atoms with Gasteiger partial charge in [-0.3, -0.25) is 4.72 Å². The van der Waals surface area contributed by atoms with E-state index in [0.717, 1.165) is 15.8 Å². The standard InChI is InChI=1S/C11H11BrN2O2S2/c1-2-9-3-4-11(17-9)18(15,16)14-10-7-8(12)5-6-13-10/h3-7H,2H2,1H3,(H,13,14). The maximum absolute atomic E-state index is 12.1. The number of hydrogen-bond donors (Lipinski definition) is 1. The molecule has 2 heterocycles. The van der Waals surface area contributed by atoms with Crippen LogP contribution in [0.4, 0.5) is 5.82 Å². The molecule has 0 aliphatic rings. The second-order valence-corrected chi connectivity index (χ2v) is 7.53. The summed E-state index contributed by atoms with van der Waals surface area (Å²) in [4.78, 5) is 5.00. The van der Waals surface area contributed by atoms with Crippen LogP contribution in [0, 0.1) is 0 Å². The quantitative estimate of drug-likeness (QED) is 0.924. The molecule has 0 unspecified atom stereocenters. The van der Waals surface area contributed by atoms with Crippen LogP contribution in [-0.4, -0.2) is 13.4 Å². The molecular formula is C11H11BrN2O2S2. The van der Waals surface area contributed by atoms with Gasteiger partial charge >= 0.3 is 0 Å². The predicted octanol–water partition coefficient (Wildman–Crippen LogP) is 3.27. The maximum Gasteiger partial charge on any atom is 0.272 e. The van der Waals surface area contributed by atoms with Crippen molar-refractivity contribution in [3.8, 4) is 0 Å². The van der Waals surface area contributed by atoms with Gasteiger partial charge in [0.1, 0.15) is 10.0 Å². The molecule has 96 valence electrons. The van der Waals surface area contributed by atoms with Crippen molar-refractivity contribution in [2.45, 2.75) is 17.6 Å². The molecule has 0 amide bonds. The minimum absolute atomic E-state index is 0.302. The molecule has 1 N–H and O–H groups in total.